The van der Waals surface area contributed by atoms with Gasteiger partial charge in [0.05, 0.1) is 19.1 Å². The van der Waals surface area contributed by atoms with Gasteiger partial charge in [0.1, 0.15) is 12.3 Å². The van der Waals surface area contributed by atoms with Crippen LogP contribution in [0.15, 0.2) is 59.7 Å². The van der Waals surface area contributed by atoms with E-state index in [0.717, 1.165) is 16.9 Å². The number of amides is 1. The van der Waals surface area contributed by atoms with Gasteiger partial charge < -0.3 is 19.5 Å². The summed E-state index contributed by atoms with van der Waals surface area (Å²) in [5.41, 5.74) is 2.00. The van der Waals surface area contributed by atoms with Gasteiger partial charge in [-0.25, -0.2) is 4.98 Å². The highest BCUT2D eigenvalue weighted by Gasteiger charge is 2.15. The van der Waals surface area contributed by atoms with E-state index < -0.39 is 0 Å². The number of ether oxygens (including phenoxy) is 3. The summed E-state index contributed by atoms with van der Waals surface area (Å²) in [7, 11) is 1.62. The number of hydrogen-bond donors (Lipinski definition) is 1. The molecule has 3 aromatic rings. The Morgan fingerprint density at radius 3 is 2.87 bits per heavy atom. The second-order valence-electron chi connectivity index (χ2n) is 6.76. The van der Waals surface area contributed by atoms with Crippen LogP contribution in [0, 0.1) is 0 Å². The summed E-state index contributed by atoms with van der Waals surface area (Å²) in [6.07, 6.45) is 2.04. The molecule has 2 heterocycles. The summed E-state index contributed by atoms with van der Waals surface area (Å²) in [5.74, 6) is 1.81. The lowest BCUT2D eigenvalue weighted by atomic mass is 10.1. The van der Waals surface area contributed by atoms with Gasteiger partial charge in [0.15, 0.2) is 11.5 Å². The summed E-state index contributed by atoms with van der Waals surface area (Å²) in [4.78, 5) is 28.9. The van der Waals surface area contributed by atoms with Crippen LogP contribution in [0.4, 0.5) is 0 Å². The molecule has 0 fully saturated rings. The number of carbonyl (C=O) groups excluding carboxylic acids is 1. The Labute approximate surface area is 173 Å². The van der Waals surface area contributed by atoms with Crippen LogP contribution in [-0.4, -0.2) is 35.9 Å². The zero-order valence-electron chi connectivity index (χ0n) is 16.5. The molecule has 8 nitrogen and oxygen atoms in total. The van der Waals surface area contributed by atoms with Crippen molar-refractivity contribution in [3.8, 4) is 28.5 Å². The Kier molecular flexibility index (Phi) is 5.65. The first-order valence-corrected chi connectivity index (χ1v) is 9.48. The van der Waals surface area contributed by atoms with Crippen LogP contribution in [0.3, 0.4) is 0 Å². The number of fused-ring (bicyclic) bond motifs is 1. The summed E-state index contributed by atoms with van der Waals surface area (Å²) >= 11 is 0. The smallest absolute Gasteiger partial charge is 0.254 e. The maximum Gasteiger partial charge on any atom is 0.254 e. The molecule has 154 valence electrons. The standard InChI is InChI=1S/C22H21N3O5/c1-28-17-4-2-3-15(9-17)7-8-23-21(26)12-25-13-24-18(11-22(25)27)16-5-6-19-20(10-16)30-14-29-19/h2-6,9-11,13H,7-8,12,14H2,1H3,(H,23,26). The average molecular weight is 407 g/mol. The van der Waals surface area contributed by atoms with E-state index in [9.17, 15) is 9.59 Å². The minimum absolute atomic E-state index is 0.0919. The fourth-order valence-corrected chi connectivity index (χ4v) is 3.14. The summed E-state index contributed by atoms with van der Waals surface area (Å²) in [6.45, 7) is 0.551. The third-order valence-corrected chi connectivity index (χ3v) is 4.73. The normalized spacial score (nSPS) is 11.9. The van der Waals surface area contributed by atoms with Gasteiger partial charge in [-0.15, -0.1) is 0 Å². The van der Waals surface area contributed by atoms with Crippen molar-refractivity contribution in [2.45, 2.75) is 13.0 Å². The lowest BCUT2D eigenvalue weighted by Crippen LogP contribution is -2.33. The molecule has 1 aromatic heterocycles. The highest BCUT2D eigenvalue weighted by Crippen LogP contribution is 2.35. The van der Waals surface area contributed by atoms with E-state index in [0.29, 0.717) is 30.2 Å². The largest absolute Gasteiger partial charge is 0.497 e. The van der Waals surface area contributed by atoms with Crippen molar-refractivity contribution in [3.63, 3.8) is 0 Å². The Morgan fingerprint density at radius 2 is 2.03 bits per heavy atom. The van der Waals surface area contributed by atoms with Crippen LogP contribution < -0.4 is 25.1 Å². The Morgan fingerprint density at radius 1 is 1.17 bits per heavy atom. The molecule has 0 saturated heterocycles. The first-order valence-electron chi connectivity index (χ1n) is 9.48. The molecule has 1 N–H and O–H groups in total. The Balaban J connectivity index is 1.35. The third-order valence-electron chi connectivity index (χ3n) is 4.73. The summed E-state index contributed by atoms with van der Waals surface area (Å²) in [6, 6.07) is 14.4. The van der Waals surface area contributed by atoms with E-state index in [1.54, 1.807) is 19.2 Å². The molecule has 1 amide bonds. The van der Waals surface area contributed by atoms with Crippen LogP contribution in [0.1, 0.15) is 5.56 Å². The van der Waals surface area contributed by atoms with Gasteiger partial charge in [-0.05, 0) is 42.3 Å². The molecule has 0 bridgehead atoms. The zero-order chi connectivity index (χ0) is 20.9. The van der Waals surface area contributed by atoms with Crippen LogP contribution in [0.25, 0.3) is 11.3 Å². The Hall–Kier alpha value is -3.81. The lowest BCUT2D eigenvalue weighted by molar-refractivity contribution is -0.121. The monoisotopic (exact) mass is 407 g/mol. The zero-order valence-corrected chi connectivity index (χ0v) is 16.5. The fraction of sp³-hybridized carbons (Fsp3) is 0.227. The first kappa shape index (κ1) is 19.5. The third kappa shape index (κ3) is 4.43. The molecule has 30 heavy (non-hydrogen) atoms. The van der Waals surface area contributed by atoms with E-state index in [2.05, 4.69) is 10.3 Å². The van der Waals surface area contributed by atoms with Crippen LogP contribution in [-0.2, 0) is 17.8 Å². The molecule has 0 aliphatic carbocycles. The fourth-order valence-electron chi connectivity index (χ4n) is 3.14. The van der Waals surface area contributed by atoms with E-state index in [1.807, 2.05) is 30.3 Å². The minimum atomic E-state index is -0.305. The number of carbonyl (C=O) groups is 1. The molecule has 0 unspecified atom stereocenters. The number of benzene rings is 2. The van der Waals surface area contributed by atoms with Gasteiger partial charge in [-0.2, -0.15) is 0 Å². The first-order chi connectivity index (χ1) is 14.6. The minimum Gasteiger partial charge on any atom is -0.497 e. The maximum absolute atomic E-state index is 12.4. The lowest BCUT2D eigenvalue weighted by Gasteiger charge is -2.09. The van der Waals surface area contributed by atoms with Gasteiger partial charge >= 0.3 is 0 Å². The van der Waals surface area contributed by atoms with Gasteiger partial charge in [0.2, 0.25) is 12.7 Å². The van der Waals surface area contributed by atoms with Crippen LogP contribution in [0.2, 0.25) is 0 Å². The van der Waals surface area contributed by atoms with Crippen molar-refractivity contribution in [2.75, 3.05) is 20.4 Å². The van der Waals surface area contributed by atoms with Crippen molar-refractivity contribution in [1.29, 1.82) is 0 Å². The molecule has 4 rings (SSSR count). The highest BCUT2D eigenvalue weighted by molar-refractivity contribution is 5.75. The van der Waals surface area contributed by atoms with Gasteiger partial charge in [-0.3, -0.25) is 14.2 Å². The molecule has 8 heteroatoms. The molecule has 2 aromatic carbocycles. The van der Waals surface area contributed by atoms with E-state index in [4.69, 9.17) is 14.2 Å². The molecule has 1 aliphatic rings. The van der Waals surface area contributed by atoms with Crippen molar-refractivity contribution in [2.24, 2.45) is 0 Å². The van der Waals surface area contributed by atoms with Crippen molar-refractivity contribution in [1.82, 2.24) is 14.9 Å². The van der Waals surface area contributed by atoms with E-state index >= 15 is 0 Å². The predicted octanol–water partition coefficient (Wildman–Crippen LogP) is 2.01. The molecule has 0 spiro atoms. The molecular weight excluding hydrogens is 386 g/mol. The van der Waals surface area contributed by atoms with Gasteiger partial charge in [0.25, 0.3) is 5.56 Å². The van der Waals surface area contributed by atoms with Crippen molar-refractivity contribution < 1.29 is 19.0 Å². The second kappa shape index (κ2) is 8.69. The number of rotatable bonds is 7. The van der Waals surface area contributed by atoms with E-state index in [1.165, 1.54) is 17.0 Å². The number of methoxy groups -OCH3 is 1. The predicted molar refractivity (Wildman–Crippen MR) is 110 cm³/mol. The summed E-state index contributed by atoms with van der Waals surface area (Å²) < 4.78 is 17.1. The maximum atomic E-state index is 12.4. The summed E-state index contributed by atoms with van der Waals surface area (Å²) in [5, 5.41) is 2.82. The second-order valence-corrected chi connectivity index (χ2v) is 6.76. The number of nitrogens with zero attached hydrogens (tertiary/aromatic N) is 2. The topological polar surface area (TPSA) is 91.7 Å². The highest BCUT2D eigenvalue weighted by atomic mass is 16.7. The quantitative estimate of drug-likeness (QED) is 0.644. The molecule has 0 saturated carbocycles. The number of hydrogen-bond acceptors (Lipinski definition) is 6. The average Bonchev–Trinajstić information content (AvgIpc) is 3.23. The van der Waals surface area contributed by atoms with E-state index in [-0.39, 0.29) is 24.8 Å². The van der Waals surface area contributed by atoms with Gasteiger partial charge in [-0.1, -0.05) is 12.1 Å². The van der Waals surface area contributed by atoms with Crippen molar-refractivity contribution in [3.05, 3.63) is 70.8 Å². The Bertz CT molecular complexity index is 1130. The number of nitrogens with one attached hydrogen (secondary N) is 1. The van der Waals surface area contributed by atoms with Crippen molar-refractivity contribution >= 4 is 5.91 Å². The number of aromatic nitrogens is 2. The molecule has 0 radical (unpaired) electrons. The molecule has 1 aliphatic heterocycles. The van der Waals surface area contributed by atoms with Crippen LogP contribution in [0.5, 0.6) is 17.2 Å². The van der Waals surface area contributed by atoms with Gasteiger partial charge in [0, 0.05) is 18.2 Å². The molecule has 0 atom stereocenters. The SMILES string of the molecule is COc1cccc(CCNC(=O)Cn2cnc(-c3ccc4c(c3)OCO4)cc2=O)c1. The molecular formula is C22H21N3O5. The van der Waals surface area contributed by atoms with Crippen LogP contribution >= 0.6 is 0 Å².